The lowest BCUT2D eigenvalue weighted by molar-refractivity contribution is -0.116. The van der Waals surface area contributed by atoms with Crippen LogP contribution in [0.2, 0.25) is 0 Å². The minimum Gasteiger partial charge on any atom is -0.321 e. The number of hydrogen-bond donors (Lipinski definition) is 2. The molecule has 0 aliphatic rings. The highest BCUT2D eigenvalue weighted by atomic mass is 32.2. The Hall–Kier alpha value is -3.15. The molecule has 0 fully saturated rings. The molecule has 0 atom stereocenters. The van der Waals surface area contributed by atoms with E-state index in [1.54, 1.807) is 29.6 Å². The number of nitrogens with zero attached hydrogens (tertiary/aromatic N) is 2. The third-order valence-corrected chi connectivity index (χ3v) is 5.10. The molecule has 2 N–H and O–H groups in total. The number of thiocyanates is 1. The second-order valence-corrected chi connectivity index (χ2v) is 7.46. The number of aryl methyl sites for hydroxylation is 1. The quantitative estimate of drug-likeness (QED) is 0.442. The fourth-order valence-corrected chi connectivity index (χ4v) is 3.46. The average molecular weight is 409 g/mol. The van der Waals surface area contributed by atoms with Gasteiger partial charge in [0.1, 0.15) is 11.1 Å². The molecule has 0 unspecified atom stereocenters. The molecule has 0 aliphatic carbocycles. The van der Waals surface area contributed by atoms with E-state index < -0.39 is 0 Å². The minimum absolute atomic E-state index is 0.143. The molecular formula is C20H16N4O2S2. The van der Waals surface area contributed by atoms with Gasteiger partial charge < -0.3 is 10.6 Å². The van der Waals surface area contributed by atoms with Crippen molar-refractivity contribution in [3.8, 4) is 5.40 Å². The van der Waals surface area contributed by atoms with Crippen molar-refractivity contribution in [2.75, 3.05) is 10.6 Å². The van der Waals surface area contributed by atoms with Crippen LogP contribution in [0, 0.1) is 10.7 Å². The molecule has 2 amide bonds. The number of aromatic nitrogens is 1. The number of thioether (sulfide) groups is 1. The van der Waals surface area contributed by atoms with E-state index in [4.69, 9.17) is 5.26 Å². The van der Waals surface area contributed by atoms with Crippen molar-refractivity contribution in [2.24, 2.45) is 0 Å². The Kier molecular flexibility index (Phi) is 6.78. The molecule has 0 bridgehead atoms. The van der Waals surface area contributed by atoms with E-state index in [1.807, 2.05) is 35.7 Å². The van der Waals surface area contributed by atoms with Gasteiger partial charge in [-0.1, -0.05) is 30.3 Å². The highest BCUT2D eigenvalue weighted by Crippen LogP contribution is 2.21. The maximum atomic E-state index is 12.3. The number of carbonyl (C=O) groups excluding carboxylic acids is 2. The van der Waals surface area contributed by atoms with E-state index in [-0.39, 0.29) is 17.5 Å². The second-order valence-electron chi connectivity index (χ2n) is 5.74. The van der Waals surface area contributed by atoms with Gasteiger partial charge in [-0.3, -0.25) is 9.59 Å². The fraction of sp³-hybridized carbons (Fsp3) is 0.100. The molecule has 1 aromatic heterocycles. The summed E-state index contributed by atoms with van der Waals surface area (Å²) in [4.78, 5) is 29.3. The highest BCUT2D eigenvalue weighted by Gasteiger charge is 2.13. The lowest BCUT2D eigenvalue weighted by Gasteiger charge is -2.04. The molecule has 0 radical (unpaired) electrons. The van der Waals surface area contributed by atoms with Gasteiger partial charge in [-0.05, 0) is 48.0 Å². The molecule has 3 rings (SSSR count). The Bertz CT molecular complexity index is 995. The Morgan fingerprint density at radius 3 is 2.54 bits per heavy atom. The monoisotopic (exact) mass is 408 g/mol. The molecule has 0 saturated heterocycles. The van der Waals surface area contributed by atoms with E-state index in [9.17, 15) is 9.59 Å². The lowest BCUT2D eigenvalue weighted by Crippen LogP contribution is -2.14. The van der Waals surface area contributed by atoms with Crippen molar-refractivity contribution in [2.45, 2.75) is 17.7 Å². The van der Waals surface area contributed by atoms with Gasteiger partial charge in [-0.15, -0.1) is 11.3 Å². The summed E-state index contributed by atoms with van der Waals surface area (Å²) < 4.78 is 0. The third-order valence-electron chi connectivity index (χ3n) is 3.74. The Morgan fingerprint density at radius 1 is 1.07 bits per heavy atom. The number of anilines is 2. The third kappa shape index (κ3) is 5.67. The van der Waals surface area contributed by atoms with Gasteiger partial charge in [0, 0.05) is 22.4 Å². The van der Waals surface area contributed by atoms with Crippen LogP contribution in [0.1, 0.15) is 22.5 Å². The fourth-order valence-electron chi connectivity index (χ4n) is 2.37. The maximum Gasteiger partial charge on any atom is 0.275 e. The molecule has 0 spiro atoms. The zero-order valence-electron chi connectivity index (χ0n) is 14.7. The smallest absolute Gasteiger partial charge is 0.275 e. The Balaban J connectivity index is 1.52. The molecule has 0 aliphatic heterocycles. The van der Waals surface area contributed by atoms with Gasteiger partial charge in [0.05, 0.1) is 0 Å². The van der Waals surface area contributed by atoms with Crippen LogP contribution in [0.4, 0.5) is 10.8 Å². The van der Waals surface area contributed by atoms with Crippen molar-refractivity contribution in [1.82, 2.24) is 4.98 Å². The lowest BCUT2D eigenvalue weighted by atomic mass is 10.1. The summed E-state index contributed by atoms with van der Waals surface area (Å²) in [7, 11) is 0. The van der Waals surface area contributed by atoms with Gasteiger partial charge in [0.2, 0.25) is 5.91 Å². The first-order chi connectivity index (χ1) is 13.6. The standard InChI is InChI=1S/C20H16N4O2S2/c21-13-28-16-9-7-15(8-10-16)22-19(26)17-12-27-20(23-17)24-18(25)11-6-14-4-2-1-3-5-14/h1-5,7-10,12H,6,11H2,(H,22,26)(H,23,24,25). The molecular weight excluding hydrogens is 392 g/mol. The van der Waals surface area contributed by atoms with E-state index in [1.165, 1.54) is 11.3 Å². The topological polar surface area (TPSA) is 94.9 Å². The number of amides is 2. The van der Waals surface area contributed by atoms with Crippen LogP contribution in [0.5, 0.6) is 0 Å². The van der Waals surface area contributed by atoms with Crippen LogP contribution in [0.15, 0.2) is 64.9 Å². The molecule has 2 aromatic carbocycles. The van der Waals surface area contributed by atoms with Crippen LogP contribution in [0.25, 0.3) is 0 Å². The first-order valence-electron chi connectivity index (χ1n) is 8.40. The SMILES string of the molecule is N#CSc1ccc(NC(=O)c2csc(NC(=O)CCc3ccccc3)n2)cc1. The number of rotatable bonds is 7. The number of nitrogens with one attached hydrogen (secondary N) is 2. The van der Waals surface area contributed by atoms with Crippen LogP contribution in [-0.2, 0) is 11.2 Å². The molecule has 0 saturated carbocycles. The summed E-state index contributed by atoms with van der Waals surface area (Å²) in [6.07, 6.45) is 0.990. The molecule has 28 heavy (non-hydrogen) atoms. The van der Waals surface area contributed by atoms with Gasteiger partial charge in [-0.25, -0.2) is 4.98 Å². The van der Waals surface area contributed by atoms with Gasteiger partial charge in [-0.2, -0.15) is 5.26 Å². The summed E-state index contributed by atoms with van der Waals surface area (Å²) in [6.45, 7) is 0. The molecule has 140 valence electrons. The summed E-state index contributed by atoms with van der Waals surface area (Å²) in [5.74, 6) is -0.502. The van der Waals surface area contributed by atoms with Crippen molar-refractivity contribution in [1.29, 1.82) is 5.26 Å². The van der Waals surface area contributed by atoms with Gasteiger partial charge in [0.15, 0.2) is 5.13 Å². The summed E-state index contributed by atoms with van der Waals surface area (Å²) in [5, 5.41) is 18.1. The predicted octanol–water partition coefficient (Wildman–Crippen LogP) is 4.54. The van der Waals surface area contributed by atoms with Gasteiger partial charge in [0.25, 0.3) is 5.91 Å². The van der Waals surface area contributed by atoms with Crippen LogP contribution in [-0.4, -0.2) is 16.8 Å². The zero-order chi connectivity index (χ0) is 19.8. The van der Waals surface area contributed by atoms with Crippen molar-refractivity contribution >= 4 is 45.7 Å². The largest absolute Gasteiger partial charge is 0.321 e. The first-order valence-corrected chi connectivity index (χ1v) is 10.1. The van der Waals surface area contributed by atoms with Crippen molar-refractivity contribution < 1.29 is 9.59 Å². The summed E-state index contributed by atoms with van der Waals surface area (Å²) in [6, 6.07) is 16.7. The number of thiazole rings is 1. The Morgan fingerprint density at radius 2 is 1.82 bits per heavy atom. The average Bonchev–Trinajstić information content (AvgIpc) is 3.17. The molecule has 1 heterocycles. The van der Waals surface area contributed by atoms with Gasteiger partial charge >= 0.3 is 0 Å². The first kappa shape index (κ1) is 19.6. The zero-order valence-corrected chi connectivity index (χ0v) is 16.3. The number of benzene rings is 2. The highest BCUT2D eigenvalue weighted by molar-refractivity contribution is 8.03. The molecule has 6 nitrogen and oxygen atoms in total. The summed E-state index contributed by atoms with van der Waals surface area (Å²) >= 11 is 2.26. The van der Waals surface area contributed by atoms with Crippen molar-refractivity contribution in [3.05, 3.63) is 71.2 Å². The number of nitriles is 1. The van der Waals surface area contributed by atoms with Crippen LogP contribution < -0.4 is 10.6 Å². The van der Waals surface area contributed by atoms with E-state index in [0.29, 0.717) is 23.7 Å². The number of carbonyl (C=O) groups is 2. The Labute approximate surface area is 170 Å². The van der Waals surface area contributed by atoms with E-state index >= 15 is 0 Å². The van der Waals surface area contributed by atoms with Crippen molar-refractivity contribution in [3.63, 3.8) is 0 Å². The minimum atomic E-state index is -0.360. The maximum absolute atomic E-state index is 12.3. The normalized spacial score (nSPS) is 10.1. The molecule has 8 heteroatoms. The second kappa shape index (κ2) is 9.69. The van der Waals surface area contributed by atoms with E-state index in [2.05, 4.69) is 15.6 Å². The van der Waals surface area contributed by atoms with Crippen LogP contribution >= 0.6 is 23.1 Å². The summed E-state index contributed by atoms with van der Waals surface area (Å²) in [5.41, 5.74) is 1.93. The predicted molar refractivity (Wildman–Crippen MR) is 111 cm³/mol. The number of hydrogen-bond acceptors (Lipinski definition) is 6. The van der Waals surface area contributed by atoms with E-state index in [0.717, 1.165) is 22.2 Å². The molecule has 3 aromatic rings. The van der Waals surface area contributed by atoms with Crippen LogP contribution in [0.3, 0.4) is 0 Å².